The average molecular weight is 621 g/mol. The molecule has 0 radical (unpaired) electrons. The number of unbranched alkanes of at least 4 members (excludes halogenated alkanes) is 1. The van der Waals surface area contributed by atoms with Gasteiger partial charge >= 0.3 is 0 Å². The fourth-order valence-electron chi connectivity index (χ4n) is 4.53. The average Bonchev–Trinajstić information content (AvgIpc) is 2.96. The second-order valence-corrected chi connectivity index (χ2v) is 12.7. The van der Waals surface area contributed by atoms with Crippen LogP contribution >= 0.6 is 0 Å². The molecule has 0 saturated carbocycles. The van der Waals surface area contributed by atoms with E-state index in [-0.39, 0.29) is 6.61 Å². The smallest absolute Gasteiger partial charge is 0.0885 e. The first kappa shape index (κ1) is 42.5. The Hall–Kier alpha value is -1.54. The molecule has 6 heteroatoms. The highest BCUT2D eigenvalue weighted by Crippen LogP contribution is 2.21. The Balaban J connectivity index is 4.08. The Bertz CT molecular complexity index is 861. The minimum absolute atomic E-state index is 0.0253. The summed E-state index contributed by atoms with van der Waals surface area (Å²) in [5, 5.41) is 19.4. The van der Waals surface area contributed by atoms with Gasteiger partial charge in [0.2, 0.25) is 0 Å². The highest BCUT2D eigenvalue weighted by atomic mass is 16.6. The summed E-state index contributed by atoms with van der Waals surface area (Å²) in [4.78, 5) is 0. The Labute approximate surface area is 271 Å². The summed E-state index contributed by atoms with van der Waals surface area (Å²) in [7, 11) is 0. The standard InChI is InChI=1S/C38H68O6/c1-32(2)14-11-17-35(5)20-12-18-33(3)15-9-10-16-34(4)19-13-21-36(6)22-23-37(40)38(7,8)44-31-30-43-29-28-42-27-26-41-25-24-39/h14-16,20-21,37,39-40H,9-13,17-19,22-31H2,1-8H3/b33-15+,34-16+,35-20+,36-21+. The molecule has 0 aromatic carbocycles. The molecule has 6 nitrogen and oxygen atoms in total. The van der Waals surface area contributed by atoms with Gasteiger partial charge in [-0.05, 0) is 120 Å². The monoisotopic (exact) mass is 621 g/mol. The van der Waals surface area contributed by atoms with E-state index >= 15 is 0 Å². The highest BCUT2D eigenvalue weighted by Gasteiger charge is 2.28. The first-order chi connectivity index (χ1) is 21.0. The van der Waals surface area contributed by atoms with Crippen LogP contribution in [0.5, 0.6) is 0 Å². The Morgan fingerprint density at radius 2 is 0.932 bits per heavy atom. The topological polar surface area (TPSA) is 77.4 Å². The summed E-state index contributed by atoms with van der Waals surface area (Å²) < 4.78 is 22.0. The van der Waals surface area contributed by atoms with Crippen LogP contribution in [-0.4, -0.2) is 74.8 Å². The molecule has 0 amide bonds. The lowest BCUT2D eigenvalue weighted by Crippen LogP contribution is -2.40. The number of ether oxygens (including phenoxy) is 4. The van der Waals surface area contributed by atoms with Crippen LogP contribution in [0.15, 0.2) is 58.2 Å². The highest BCUT2D eigenvalue weighted by molar-refractivity contribution is 5.07. The first-order valence-corrected chi connectivity index (χ1v) is 16.9. The number of hydrogen-bond acceptors (Lipinski definition) is 6. The summed E-state index contributed by atoms with van der Waals surface area (Å²) in [5.41, 5.74) is 6.54. The van der Waals surface area contributed by atoms with Crippen LogP contribution in [0, 0.1) is 0 Å². The summed E-state index contributed by atoms with van der Waals surface area (Å²) >= 11 is 0. The van der Waals surface area contributed by atoms with E-state index < -0.39 is 11.7 Å². The molecule has 0 heterocycles. The normalized spacial score (nSPS) is 14.3. The second-order valence-electron chi connectivity index (χ2n) is 12.7. The van der Waals surface area contributed by atoms with Gasteiger partial charge in [-0.25, -0.2) is 0 Å². The Kier molecular flexibility index (Phi) is 26.8. The predicted octanol–water partition coefficient (Wildman–Crippen LogP) is 8.84. The molecular weight excluding hydrogens is 552 g/mol. The maximum Gasteiger partial charge on any atom is 0.0885 e. The quantitative estimate of drug-likeness (QED) is 0.0672. The zero-order chi connectivity index (χ0) is 33.1. The van der Waals surface area contributed by atoms with Crippen molar-refractivity contribution in [2.24, 2.45) is 0 Å². The summed E-state index contributed by atoms with van der Waals surface area (Å²) in [6, 6.07) is 0. The van der Waals surface area contributed by atoms with Crippen molar-refractivity contribution in [3.05, 3.63) is 58.2 Å². The van der Waals surface area contributed by atoms with E-state index in [4.69, 9.17) is 24.1 Å². The van der Waals surface area contributed by atoms with Crippen LogP contribution in [0.3, 0.4) is 0 Å². The van der Waals surface area contributed by atoms with Crippen LogP contribution in [-0.2, 0) is 18.9 Å². The van der Waals surface area contributed by atoms with Crippen molar-refractivity contribution in [2.75, 3.05) is 52.9 Å². The van der Waals surface area contributed by atoms with Gasteiger partial charge in [0.25, 0.3) is 0 Å². The fourth-order valence-corrected chi connectivity index (χ4v) is 4.53. The lowest BCUT2D eigenvalue weighted by Gasteiger charge is -2.31. The summed E-state index contributed by atoms with van der Waals surface area (Å²) in [6.07, 6.45) is 21.8. The second kappa shape index (κ2) is 27.7. The largest absolute Gasteiger partial charge is 0.394 e. The molecule has 0 aliphatic carbocycles. The Morgan fingerprint density at radius 3 is 1.39 bits per heavy atom. The molecule has 0 saturated heterocycles. The predicted molar refractivity (Wildman–Crippen MR) is 186 cm³/mol. The van der Waals surface area contributed by atoms with E-state index in [0.717, 1.165) is 51.4 Å². The third kappa shape index (κ3) is 26.8. The van der Waals surface area contributed by atoms with Crippen molar-refractivity contribution in [2.45, 2.75) is 131 Å². The molecule has 0 aromatic rings. The van der Waals surface area contributed by atoms with E-state index in [1.165, 1.54) is 34.3 Å². The lowest BCUT2D eigenvalue weighted by atomic mass is 9.95. The molecule has 1 atom stereocenters. The van der Waals surface area contributed by atoms with Gasteiger partial charge in [-0.15, -0.1) is 0 Å². The molecule has 44 heavy (non-hydrogen) atoms. The van der Waals surface area contributed by atoms with Crippen molar-refractivity contribution in [3.8, 4) is 0 Å². The molecule has 0 fully saturated rings. The van der Waals surface area contributed by atoms with Crippen molar-refractivity contribution in [1.82, 2.24) is 0 Å². The number of allylic oxidation sites excluding steroid dienone is 10. The zero-order valence-electron chi connectivity index (χ0n) is 29.7. The van der Waals surface area contributed by atoms with E-state index in [2.05, 4.69) is 71.9 Å². The minimum Gasteiger partial charge on any atom is -0.394 e. The van der Waals surface area contributed by atoms with Gasteiger partial charge in [0.05, 0.1) is 64.6 Å². The fraction of sp³-hybridized carbons (Fsp3) is 0.737. The zero-order valence-corrected chi connectivity index (χ0v) is 29.7. The van der Waals surface area contributed by atoms with Crippen molar-refractivity contribution < 1.29 is 29.2 Å². The van der Waals surface area contributed by atoms with Crippen LogP contribution in [0.2, 0.25) is 0 Å². The first-order valence-electron chi connectivity index (χ1n) is 16.9. The molecule has 0 aromatic heterocycles. The summed E-state index contributed by atoms with van der Waals surface area (Å²) in [5.74, 6) is 0. The molecular formula is C38H68O6. The SMILES string of the molecule is CC(C)=CCC/C(C)=C/CC/C(C)=C/CC/C=C(\C)CC/C=C(\C)CCC(O)C(C)(C)OCCOCCOCCOCCO. The van der Waals surface area contributed by atoms with Gasteiger partial charge in [0, 0.05) is 0 Å². The van der Waals surface area contributed by atoms with Crippen molar-refractivity contribution in [3.63, 3.8) is 0 Å². The maximum absolute atomic E-state index is 10.7. The molecule has 0 bridgehead atoms. The van der Waals surface area contributed by atoms with Gasteiger partial charge in [0.15, 0.2) is 0 Å². The molecule has 1 unspecified atom stereocenters. The third-order valence-corrected chi connectivity index (χ3v) is 7.60. The van der Waals surface area contributed by atoms with Crippen LogP contribution in [0.25, 0.3) is 0 Å². The van der Waals surface area contributed by atoms with Gasteiger partial charge in [-0.1, -0.05) is 58.2 Å². The number of aliphatic hydroxyl groups is 2. The molecule has 0 aliphatic heterocycles. The van der Waals surface area contributed by atoms with Crippen molar-refractivity contribution >= 4 is 0 Å². The Morgan fingerprint density at radius 1 is 0.545 bits per heavy atom. The van der Waals surface area contributed by atoms with E-state index in [1.54, 1.807) is 0 Å². The molecule has 256 valence electrons. The third-order valence-electron chi connectivity index (χ3n) is 7.60. The van der Waals surface area contributed by atoms with Crippen LogP contribution < -0.4 is 0 Å². The lowest BCUT2D eigenvalue weighted by molar-refractivity contribution is -0.116. The number of hydrogen-bond donors (Lipinski definition) is 2. The van der Waals surface area contributed by atoms with E-state index in [9.17, 15) is 5.11 Å². The number of rotatable bonds is 28. The van der Waals surface area contributed by atoms with E-state index in [1.807, 2.05) is 13.8 Å². The molecule has 0 aliphatic rings. The van der Waals surface area contributed by atoms with Crippen molar-refractivity contribution in [1.29, 1.82) is 0 Å². The van der Waals surface area contributed by atoms with Gasteiger partial charge in [-0.3, -0.25) is 0 Å². The van der Waals surface area contributed by atoms with Gasteiger partial charge in [-0.2, -0.15) is 0 Å². The molecule has 0 rings (SSSR count). The number of aliphatic hydroxyl groups excluding tert-OH is 2. The van der Waals surface area contributed by atoms with Gasteiger partial charge < -0.3 is 29.2 Å². The van der Waals surface area contributed by atoms with Gasteiger partial charge in [0.1, 0.15) is 0 Å². The minimum atomic E-state index is -0.628. The van der Waals surface area contributed by atoms with Crippen LogP contribution in [0.4, 0.5) is 0 Å². The van der Waals surface area contributed by atoms with Crippen LogP contribution in [0.1, 0.15) is 120 Å². The molecule has 2 N–H and O–H groups in total. The molecule has 0 spiro atoms. The maximum atomic E-state index is 10.7. The summed E-state index contributed by atoms with van der Waals surface area (Å²) in [6.45, 7) is 20.3. The van der Waals surface area contributed by atoms with E-state index in [0.29, 0.717) is 52.7 Å².